The molecule has 0 bridgehead atoms. The molecular weight excluding hydrogens is 432 g/mol. The molecule has 0 fully saturated rings. The van der Waals surface area contributed by atoms with Crippen LogP contribution in [0.1, 0.15) is 39.3 Å². The van der Waals surface area contributed by atoms with Gasteiger partial charge in [0.15, 0.2) is 0 Å². The number of carbonyl (C=O) groups is 3. The van der Waals surface area contributed by atoms with Crippen LogP contribution in [0, 0.1) is 13.8 Å². The molecular formula is C26H30N4O4. The fraction of sp³-hybridized carbons (Fsp3) is 0.308. The van der Waals surface area contributed by atoms with E-state index in [9.17, 15) is 14.4 Å². The highest BCUT2D eigenvalue weighted by molar-refractivity contribution is 5.96. The lowest BCUT2D eigenvalue weighted by Gasteiger charge is -2.09. The Morgan fingerprint density at radius 3 is 2.32 bits per heavy atom. The molecule has 178 valence electrons. The average Bonchev–Trinajstić information content (AvgIpc) is 3.14. The zero-order chi connectivity index (χ0) is 24.5. The van der Waals surface area contributed by atoms with Gasteiger partial charge in [-0.15, -0.1) is 0 Å². The van der Waals surface area contributed by atoms with Crippen molar-refractivity contribution in [3.05, 3.63) is 82.7 Å². The average molecular weight is 463 g/mol. The van der Waals surface area contributed by atoms with Crippen molar-refractivity contribution in [2.24, 2.45) is 0 Å². The van der Waals surface area contributed by atoms with Gasteiger partial charge in [-0.1, -0.05) is 30.3 Å². The van der Waals surface area contributed by atoms with Gasteiger partial charge >= 0.3 is 5.97 Å². The molecule has 0 atom stereocenters. The van der Waals surface area contributed by atoms with Crippen molar-refractivity contribution in [2.45, 2.75) is 33.1 Å². The first-order chi connectivity index (χ1) is 16.4. The van der Waals surface area contributed by atoms with Crippen molar-refractivity contribution < 1.29 is 19.1 Å². The van der Waals surface area contributed by atoms with Gasteiger partial charge in [-0.05, 0) is 62.1 Å². The van der Waals surface area contributed by atoms with Gasteiger partial charge in [-0.25, -0.2) is 4.68 Å². The Hall–Kier alpha value is -3.94. The Morgan fingerprint density at radius 1 is 0.941 bits per heavy atom. The summed E-state index contributed by atoms with van der Waals surface area (Å²) in [6.45, 7) is 4.28. The minimum Gasteiger partial charge on any atom is -0.469 e. The number of methoxy groups -OCH3 is 1. The molecule has 0 unspecified atom stereocenters. The zero-order valence-corrected chi connectivity index (χ0v) is 19.8. The normalized spacial score (nSPS) is 10.6. The second-order valence-corrected chi connectivity index (χ2v) is 7.95. The second-order valence-electron chi connectivity index (χ2n) is 7.95. The van der Waals surface area contributed by atoms with E-state index in [1.165, 1.54) is 7.11 Å². The van der Waals surface area contributed by atoms with Crippen molar-refractivity contribution in [3.63, 3.8) is 0 Å². The van der Waals surface area contributed by atoms with Crippen molar-refractivity contribution >= 4 is 17.8 Å². The predicted molar refractivity (Wildman–Crippen MR) is 129 cm³/mol. The first-order valence-corrected chi connectivity index (χ1v) is 11.2. The van der Waals surface area contributed by atoms with Gasteiger partial charge in [0.25, 0.3) is 5.91 Å². The molecule has 2 N–H and O–H groups in total. The molecule has 1 aromatic heterocycles. The number of hydrogen-bond donors (Lipinski definition) is 2. The molecule has 3 rings (SSSR count). The summed E-state index contributed by atoms with van der Waals surface area (Å²) >= 11 is 0. The molecule has 0 aliphatic rings. The summed E-state index contributed by atoms with van der Waals surface area (Å²) in [4.78, 5) is 35.9. The number of benzene rings is 2. The minimum absolute atomic E-state index is 0.0869. The maximum atomic E-state index is 12.4. The SMILES string of the molecule is COC(=O)CCc1c(C)nn(-c2ccc(C(=O)NCC(=O)NCCc3ccccc3)cc2)c1C. The monoisotopic (exact) mass is 462 g/mol. The maximum Gasteiger partial charge on any atom is 0.305 e. The lowest BCUT2D eigenvalue weighted by atomic mass is 10.1. The lowest BCUT2D eigenvalue weighted by Crippen LogP contribution is -2.37. The number of nitrogens with zero attached hydrogens (tertiary/aromatic N) is 2. The fourth-order valence-electron chi connectivity index (χ4n) is 3.69. The van der Waals surface area contributed by atoms with E-state index in [1.54, 1.807) is 28.9 Å². The second kappa shape index (κ2) is 11.8. The van der Waals surface area contributed by atoms with Crippen LogP contribution in [-0.4, -0.2) is 47.8 Å². The molecule has 0 aliphatic heterocycles. The number of carbonyl (C=O) groups excluding carboxylic acids is 3. The van der Waals surface area contributed by atoms with Crippen molar-refractivity contribution in [3.8, 4) is 5.69 Å². The summed E-state index contributed by atoms with van der Waals surface area (Å²) < 4.78 is 6.52. The third kappa shape index (κ3) is 6.54. The van der Waals surface area contributed by atoms with E-state index >= 15 is 0 Å². The van der Waals surface area contributed by atoms with Crippen LogP contribution >= 0.6 is 0 Å². The van der Waals surface area contributed by atoms with Crippen LogP contribution in [0.4, 0.5) is 0 Å². The number of ether oxygens (including phenoxy) is 1. The van der Waals surface area contributed by atoms with Crippen molar-refractivity contribution in [1.29, 1.82) is 0 Å². The molecule has 8 heteroatoms. The van der Waals surface area contributed by atoms with E-state index in [0.717, 1.165) is 34.6 Å². The number of aromatic nitrogens is 2. The fourth-order valence-corrected chi connectivity index (χ4v) is 3.69. The Kier molecular flexibility index (Phi) is 8.56. The van der Waals surface area contributed by atoms with Crippen LogP contribution in [0.25, 0.3) is 5.69 Å². The van der Waals surface area contributed by atoms with Gasteiger partial charge in [0.05, 0.1) is 25.0 Å². The first-order valence-electron chi connectivity index (χ1n) is 11.2. The number of rotatable bonds is 10. The summed E-state index contributed by atoms with van der Waals surface area (Å²) in [5, 5.41) is 10.0. The van der Waals surface area contributed by atoms with Crippen LogP contribution in [-0.2, 0) is 27.2 Å². The van der Waals surface area contributed by atoms with Gasteiger partial charge in [0.2, 0.25) is 5.91 Å². The molecule has 0 saturated carbocycles. The zero-order valence-electron chi connectivity index (χ0n) is 19.8. The van der Waals surface area contributed by atoms with Crippen LogP contribution in [0.2, 0.25) is 0 Å². The maximum absolute atomic E-state index is 12.4. The van der Waals surface area contributed by atoms with Gasteiger partial charge in [0, 0.05) is 24.2 Å². The largest absolute Gasteiger partial charge is 0.469 e. The summed E-state index contributed by atoms with van der Waals surface area (Å²) in [5.41, 5.74) is 5.19. The molecule has 0 saturated heterocycles. The highest BCUT2D eigenvalue weighted by Gasteiger charge is 2.15. The lowest BCUT2D eigenvalue weighted by molar-refractivity contribution is -0.140. The molecule has 0 radical (unpaired) electrons. The number of hydrogen-bond acceptors (Lipinski definition) is 5. The number of esters is 1. The van der Waals surface area contributed by atoms with Gasteiger partial charge in [-0.3, -0.25) is 14.4 Å². The van der Waals surface area contributed by atoms with Gasteiger partial charge < -0.3 is 15.4 Å². The molecule has 2 amide bonds. The Balaban J connectivity index is 1.52. The quantitative estimate of drug-likeness (QED) is 0.451. The third-order valence-corrected chi connectivity index (χ3v) is 5.61. The van der Waals surface area contributed by atoms with Crippen LogP contribution in [0.5, 0.6) is 0 Å². The van der Waals surface area contributed by atoms with Crippen molar-refractivity contribution in [1.82, 2.24) is 20.4 Å². The van der Waals surface area contributed by atoms with Crippen LogP contribution < -0.4 is 10.6 Å². The molecule has 3 aromatic rings. The standard InChI is InChI=1S/C26H30N4O4/c1-18-23(13-14-25(32)34-3)19(2)30(29-18)22-11-9-21(10-12-22)26(33)28-17-24(31)27-16-15-20-7-5-4-6-8-20/h4-12H,13-17H2,1-3H3,(H,27,31)(H,28,33). The summed E-state index contributed by atoms with van der Waals surface area (Å²) in [5.74, 6) is -0.813. The summed E-state index contributed by atoms with van der Waals surface area (Å²) in [6.07, 6.45) is 1.58. The molecule has 1 heterocycles. The smallest absolute Gasteiger partial charge is 0.305 e. The number of amides is 2. The molecule has 34 heavy (non-hydrogen) atoms. The van der Waals surface area contributed by atoms with Gasteiger partial charge in [-0.2, -0.15) is 5.10 Å². The van der Waals surface area contributed by atoms with E-state index in [-0.39, 0.29) is 24.3 Å². The Labute approximate surface area is 199 Å². The van der Waals surface area contributed by atoms with E-state index in [2.05, 4.69) is 15.7 Å². The highest BCUT2D eigenvalue weighted by atomic mass is 16.5. The molecule has 2 aromatic carbocycles. The van der Waals surface area contributed by atoms with Crippen molar-refractivity contribution in [2.75, 3.05) is 20.2 Å². The molecule has 0 spiro atoms. The predicted octanol–water partition coefficient (Wildman–Crippen LogP) is 2.68. The molecule has 0 aliphatic carbocycles. The van der Waals surface area contributed by atoms with E-state index in [0.29, 0.717) is 24.9 Å². The summed E-state index contributed by atoms with van der Waals surface area (Å²) in [6, 6.07) is 16.9. The number of aryl methyl sites for hydroxylation is 1. The topological polar surface area (TPSA) is 102 Å². The Bertz CT molecular complexity index is 1140. The summed E-state index contributed by atoms with van der Waals surface area (Å²) in [7, 11) is 1.38. The number of nitrogens with one attached hydrogen (secondary N) is 2. The van der Waals surface area contributed by atoms with E-state index in [1.807, 2.05) is 44.2 Å². The minimum atomic E-state index is -0.322. The van der Waals surface area contributed by atoms with E-state index in [4.69, 9.17) is 4.74 Å². The Morgan fingerprint density at radius 2 is 1.65 bits per heavy atom. The molecule has 8 nitrogen and oxygen atoms in total. The van der Waals surface area contributed by atoms with Crippen LogP contribution in [0.15, 0.2) is 54.6 Å². The highest BCUT2D eigenvalue weighted by Crippen LogP contribution is 2.20. The third-order valence-electron chi connectivity index (χ3n) is 5.61. The van der Waals surface area contributed by atoms with Gasteiger partial charge in [0.1, 0.15) is 0 Å². The van der Waals surface area contributed by atoms with Crippen LogP contribution in [0.3, 0.4) is 0 Å². The first kappa shape index (κ1) is 24.7. The van der Waals surface area contributed by atoms with E-state index < -0.39 is 0 Å².